The van der Waals surface area contributed by atoms with E-state index in [9.17, 15) is 4.79 Å². The normalized spacial score (nSPS) is 17.8. The Kier molecular flexibility index (Phi) is 6.69. The van der Waals surface area contributed by atoms with Gasteiger partial charge in [0.15, 0.2) is 0 Å². The lowest BCUT2D eigenvalue weighted by Crippen LogP contribution is -2.40. The molecule has 4 nitrogen and oxygen atoms in total. The number of carbonyl (C=O) groups excluding carboxylic acids is 1. The Labute approximate surface area is 160 Å². The van der Waals surface area contributed by atoms with Crippen molar-refractivity contribution in [3.8, 4) is 16.2 Å². The van der Waals surface area contributed by atoms with Gasteiger partial charge in [-0.05, 0) is 50.4 Å². The largest absolute Gasteiger partial charge is 0.492 e. The molecule has 0 aliphatic carbocycles. The predicted octanol–water partition coefficient (Wildman–Crippen LogP) is 4.28. The number of amides is 1. The van der Waals surface area contributed by atoms with Gasteiger partial charge >= 0.3 is 0 Å². The maximum Gasteiger partial charge on any atom is 0.265 e. The first-order valence-electron chi connectivity index (χ1n) is 9.53. The van der Waals surface area contributed by atoms with Crippen LogP contribution in [0.1, 0.15) is 36.4 Å². The lowest BCUT2D eigenvalue weighted by Gasteiger charge is -2.31. The summed E-state index contributed by atoms with van der Waals surface area (Å²) in [6.45, 7) is 8.79. The number of hydrogen-bond acceptors (Lipinski definition) is 4. The summed E-state index contributed by atoms with van der Waals surface area (Å²) < 4.78 is 5.73. The lowest BCUT2D eigenvalue weighted by molar-refractivity contribution is 0.0934. The number of piperidine rings is 1. The van der Waals surface area contributed by atoms with E-state index in [4.69, 9.17) is 4.74 Å². The monoisotopic (exact) mass is 372 g/mol. The standard InChI is InChI=1S/C21H28N2O2S/c1-3-23-12-8-9-16(15-23)14-22-21(24)20-18(25-4-2)13-19(26-20)17-10-6-5-7-11-17/h5-7,10-11,13,16H,3-4,8-9,12,14-15H2,1-2H3,(H,22,24)/t16-/m0/s1. The van der Waals surface area contributed by atoms with Gasteiger partial charge in [0.25, 0.3) is 5.91 Å². The van der Waals surface area contributed by atoms with Gasteiger partial charge in [0, 0.05) is 18.0 Å². The molecule has 1 aromatic carbocycles. The molecule has 1 aromatic heterocycles. The van der Waals surface area contributed by atoms with Gasteiger partial charge in [-0.3, -0.25) is 4.79 Å². The molecule has 3 rings (SSSR count). The number of nitrogens with one attached hydrogen (secondary N) is 1. The Morgan fingerprint density at radius 2 is 2.12 bits per heavy atom. The summed E-state index contributed by atoms with van der Waals surface area (Å²) in [4.78, 5) is 17.0. The summed E-state index contributed by atoms with van der Waals surface area (Å²) in [6.07, 6.45) is 2.41. The zero-order valence-electron chi connectivity index (χ0n) is 15.7. The molecule has 0 saturated carbocycles. The van der Waals surface area contributed by atoms with Gasteiger partial charge in [-0.25, -0.2) is 0 Å². The number of carbonyl (C=O) groups is 1. The van der Waals surface area contributed by atoms with E-state index in [0.717, 1.165) is 30.1 Å². The molecule has 1 aliphatic rings. The van der Waals surface area contributed by atoms with Crippen molar-refractivity contribution in [2.75, 3.05) is 32.8 Å². The zero-order valence-corrected chi connectivity index (χ0v) is 16.5. The third kappa shape index (κ3) is 4.65. The number of ether oxygens (including phenoxy) is 1. The molecule has 1 amide bonds. The maximum atomic E-state index is 12.8. The molecule has 1 aliphatic heterocycles. The van der Waals surface area contributed by atoms with E-state index < -0.39 is 0 Å². The van der Waals surface area contributed by atoms with Crippen molar-refractivity contribution in [3.63, 3.8) is 0 Å². The van der Waals surface area contributed by atoms with Crippen LogP contribution < -0.4 is 10.1 Å². The second-order valence-corrected chi connectivity index (χ2v) is 7.77. The van der Waals surface area contributed by atoms with E-state index in [1.165, 1.54) is 30.7 Å². The zero-order chi connectivity index (χ0) is 18.4. The SMILES string of the molecule is CCOc1cc(-c2ccccc2)sc1C(=O)NC[C@@H]1CCCN(CC)C1. The van der Waals surface area contributed by atoms with Crippen molar-refractivity contribution in [2.24, 2.45) is 5.92 Å². The van der Waals surface area contributed by atoms with E-state index >= 15 is 0 Å². The summed E-state index contributed by atoms with van der Waals surface area (Å²) in [5.74, 6) is 1.21. The third-order valence-electron chi connectivity index (χ3n) is 4.86. The van der Waals surface area contributed by atoms with Crippen LogP contribution in [0.2, 0.25) is 0 Å². The molecule has 1 atom stereocenters. The number of benzene rings is 1. The molecule has 5 heteroatoms. The summed E-state index contributed by atoms with van der Waals surface area (Å²) >= 11 is 1.50. The summed E-state index contributed by atoms with van der Waals surface area (Å²) in [7, 11) is 0. The number of nitrogens with zero attached hydrogens (tertiary/aromatic N) is 1. The molecule has 2 aromatic rings. The highest BCUT2D eigenvalue weighted by Gasteiger charge is 2.22. The van der Waals surface area contributed by atoms with Gasteiger partial charge in [0.1, 0.15) is 10.6 Å². The van der Waals surface area contributed by atoms with Crippen molar-refractivity contribution < 1.29 is 9.53 Å². The molecule has 0 spiro atoms. The van der Waals surface area contributed by atoms with Gasteiger partial charge in [-0.2, -0.15) is 0 Å². The molecule has 0 unspecified atom stereocenters. The third-order valence-corrected chi connectivity index (χ3v) is 6.03. The van der Waals surface area contributed by atoms with Crippen LogP contribution in [0, 0.1) is 5.92 Å². The Balaban J connectivity index is 1.68. The molecule has 1 fully saturated rings. The number of hydrogen-bond donors (Lipinski definition) is 1. The van der Waals surface area contributed by atoms with Gasteiger partial charge < -0.3 is 15.0 Å². The lowest BCUT2D eigenvalue weighted by atomic mass is 9.98. The molecule has 0 bridgehead atoms. The highest BCUT2D eigenvalue weighted by Crippen LogP contribution is 2.36. The molecular weight excluding hydrogens is 344 g/mol. The minimum absolute atomic E-state index is 0.0192. The molecule has 1 N–H and O–H groups in total. The van der Waals surface area contributed by atoms with Crippen LogP contribution in [0.25, 0.3) is 10.4 Å². The van der Waals surface area contributed by atoms with Crippen LogP contribution in [0.5, 0.6) is 5.75 Å². The number of rotatable bonds is 7. The number of likely N-dealkylation sites (tertiary alicyclic amines) is 1. The van der Waals surface area contributed by atoms with E-state index in [0.29, 0.717) is 23.2 Å². The summed E-state index contributed by atoms with van der Waals surface area (Å²) in [5, 5.41) is 3.14. The molecule has 2 heterocycles. The Morgan fingerprint density at radius 1 is 1.31 bits per heavy atom. The first-order chi connectivity index (χ1) is 12.7. The summed E-state index contributed by atoms with van der Waals surface area (Å²) in [6, 6.07) is 12.1. The van der Waals surface area contributed by atoms with Crippen LogP contribution in [0.3, 0.4) is 0 Å². The number of thiophene rings is 1. The maximum absolute atomic E-state index is 12.8. The van der Waals surface area contributed by atoms with Crippen molar-refractivity contribution >= 4 is 17.2 Å². The van der Waals surface area contributed by atoms with Gasteiger partial charge in [0.05, 0.1) is 6.61 Å². The van der Waals surface area contributed by atoms with Gasteiger partial charge in [-0.1, -0.05) is 37.3 Å². The van der Waals surface area contributed by atoms with Crippen molar-refractivity contribution in [1.29, 1.82) is 0 Å². The van der Waals surface area contributed by atoms with E-state index in [-0.39, 0.29) is 5.91 Å². The van der Waals surface area contributed by atoms with Crippen LogP contribution >= 0.6 is 11.3 Å². The summed E-state index contributed by atoms with van der Waals surface area (Å²) in [5.41, 5.74) is 1.11. The predicted molar refractivity (Wildman–Crippen MR) is 108 cm³/mol. The second kappa shape index (κ2) is 9.19. The molecule has 1 saturated heterocycles. The van der Waals surface area contributed by atoms with E-state index in [1.807, 2.05) is 31.2 Å². The first-order valence-corrected chi connectivity index (χ1v) is 10.4. The van der Waals surface area contributed by atoms with E-state index in [1.54, 1.807) is 0 Å². The topological polar surface area (TPSA) is 41.6 Å². The van der Waals surface area contributed by atoms with Crippen LogP contribution in [-0.4, -0.2) is 43.6 Å². The molecule has 26 heavy (non-hydrogen) atoms. The Hall–Kier alpha value is -1.85. The quantitative estimate of drug-likeness (QED) is 0.789. The first kappa shape index (κ1) is 18.9. The Bertz CT molecular complexity index is 714. The smallest absolute Gasteiger partial charge is 0.265 e. The molecule has 0 radical (unpaired) electrons. The average molecular weight is 373 g/mol. The van der Waals surface area contributed by atoms with Crippen molar-refractivity contribution in [2.45, 2.75) is 26.7 Å². The van der Waals surface area contributed by atoms with Gasteiger partial charge in [-0.15, -0.1) is 11.3 Å². The highest BCUT2D eigenvalue weighted by molar-refractivity contribution is 7.17. The van der Waals surface area contributed by atoms with Gasteiger partial charge in [0.2, 0.25) is 0 Å². The fraction of sp³-hybridized carbons (Fsp3) is 0.476. The molecular formula is C21H28N2O2S. The molecule has 140 valence electrons. The van der Waals surface area contributed by atoms with Crippen LogP contribution in [-0.2, 0) is 0 Å². The average Bonchev–Trinajstić information content (AvgIpc) is 3.11. The van der Waals surface area contributed by atoms with E-state index in [2.05, 4.69) is 29.3 Å². The van der Waals surface area contributed by atoms with Crippen LogP contribution in [0.15, 0.2) is 36.4 Å². The minimum atomic E-state index is -0.0192. The highest BCUT2D eigenvalue weighted by atomic mass is 32.1. The van der Waals surface area contributed by atoms with Crippen molar-refractivity contribution in [1.82, 2.24) is 10.2 Å². The van der Waals surface area contributed by atoms with Crippen molar-refractivity contribution in [3.05, 3.63) is 41.3 Å². The second-order valence-electron chi connectivity index (χ2n) is 6.71. The Morgan fingerprint density at radius 3 is 2.85 bits per heavy atom. The van der Waals surface area contributed by atoms with Crippen LogP contribution in [0.4, 0.5) is 0 Å². The fourth-order valence-corrected chi connectivity index (χ4v) is 4.49. The minimum Gasteiger partial charge on any atom is -0.492 e. The fourth-order valence-electron chi connectivity index (χ4n) is 3.46.